The van der Waals surface area contributed by atoms with Crippen LogP contribution in [-0.2, 0) is 20.8 Å². The average molecular weight is 418 g/mol. The Bertz CT molecular complexity index is 742. The average Bonchev–Trinajstić information content (AvgIpc) is 3.06. The molecule has 2 amide bonds. The molecule has 2 aliphatic rings. The lowest BCUT2D eigenvalue weighted by Crippen LogP contribution is -2.72. The number of β-lactam (4-membered cyclic amide) rings is 1. The van der Waals surface area contributed by atoms with Crippen molar-refractivity contribution in [2.75, 3.05) is 32.1 Å². The van der Waals surface area contributed by atoms with Crippen LogP contribution in [0.4, 0.5) is 0 Å². The highest BCUT2D eigenvalue weighted by Gasteiger charge is 2.55. The van der Waals surface area contributed by atoms with E-state index in [0.717, 1.165) is 0 Å². The minimum atomic E-state index is -1.05. The summed E-state index contributed by atoms with van der Waals surface area (Å²) in [5.41, 5.74) is 4.71. The van der Waals surface area contributed by atoms with E-state index in [4.69, 9.17) is 5.73 Å². The number of nitrogens with zero attached hydrogens (tertiary/aromatic N) is 4. The second-order valence-corrected chi connectivity index (χ2v) is 9.88. The van der Waals surface area contributed by atoms with E-state index >= 15 is 0 Å². The Hall–Kier alpha value is -1.37. The third-order valence-corrected chi connectivity index (χ3v) is 8.32. The van der Waals surface area contributed by atoms with E-state index in [0.29, 0.717) is 15.1 Å². The molecule has 142 valence electrons. The van der Waals surface area contributed by atoms with Gasteiger partial charge in [-0.1, -0.05) is 23.1 Å². The second kappa shape index (κ2) is 7.33. The third kappa shape index (κ3) is 3.55. The highest BCUT2D eigenvalue weighted by atomic mass is 32.2. The molecule has 1 aromatic rings. The van der Waals surface area contributed by atoms with Crippen LogP contribution in [0.5, 0.6) is 0 Å². The van der Waals surface area contributed by atoms with Gasteiger partial charge in [-0.3, -0.25) is 14.4 Å². The summed E-state index contributed by atoms with van der Waals surface area (Å²) in [6.45, 7) is 0.157. The summed E-state index contributed by atoms with van der Waals surface area (Å²) in [7, 11) is 3.35. The van der Waals surface area contributed by atoms with Gasteiger partial charge in [-0.05, 0) is 0 Å². The van der Waals surface area contributed by atoms with E-state index in [9.17, 15) is 19.5 Å². The summed E-state index contributed by atoms with van der Waals surface area (Å²) in [6, 6.07) is -0.528. The number of amides is 2. The van der Waals surface area contributed by atoms with Crippen LogP contribution in [0.2, 0.25) is 0 Å². The number of hydrogen-bond donors (Lipinski definition) is 2. The fraction of sp³-hybridized carbons (Fsp3) is 0.643. The Labute approximate surface area is 162 Å². The monoisotopic (exact) mass is 417 g/mol. The zero-order chi connectivity index (χ0) is 19.1. The molecule has 3 atom stereocenters. The van der Waals surface area contributed by atoms with Gasteiger partial charge in [0.2, 0.25) is 11.8 Å². The van der Waals surface area contributed by atoms with Crippen molar-refractivity contribution in [2.24, 2.45) is 11.1 Å². The third-order valence-electron chi connectivity index (χ3n) is 4.36. The molecule has 2 saturated heterocycles. The number of carboxylic acid groups (broad SMARTS) is 1. The lowest BCUT2D eigenvalue weighted by molar-refractivity contribution is -0.155. The molecule has 3 heterocycles. The van der Waals surface area contributed by atoms with Crippen molar-refractivity contribution in [1.29, 1.82) is 0 Å². The zero-order valence-corrected chi connectivity index (χ0v) is 16.7. The molecular formula is C14H19N5O4S3. The Balaban J connectivity index is 1.63. The molecule has 0 aromatic carbocycles. The molecule has 1 aromatic heterocycles. The molecule has 0 bridgehead atoms. The molecule has 12 heteroatoms. The first-order valence-electron chi connectivity index (χ1n) is 7.80. The summed E-state index contributed by atoms with van der Waals surface area (Å²) in [5.74, 6) is -0.531. The standard InChI is InChI=1S/C14H19N5O4S3/c1-18(2)8(20)3-7-16-17-13(26-7)25-6-14(12(22)23)4-19-10(21)9(15)11(19)24-5-14/h9,11H,3-6,15H2,1-2H3,(H,22,23)/t9?,11-,14?/m1/s1. The summed E-state index contributed by atoms with van der Waals surface area (Å²) in [4.78, 5) is 38.5. The molecule has 9 nitrogen and oxygen atoms in total. The number of thioether (sulfide) groups is 2. The number of aliphatic carboxylic acids is 1. The summed E-state index contributed by atoms with van der Waals surface area (Å²) < 4.78 is 0.617. The van der Waals surface area contributed by atoms with Gasteiger partial charge in [0.15, 0.2) is 4.34 Å². The quantitative estimate of drug-likeness (QED) is 0.468. The summed E-state index contributed by atoms with van der Waals surface area (Å²) in [6.07, 6.45) is 0.174. The van der Waals surface area contributed by atoms with E-state index in [1.807, 2.05) is 0 Å². The smallest absolute Gasteiger partial charge is 0.313 e. The Morgan fingerprint density at radius 1 is 1.46 bits per heavy atom. The molecule has 0 aliphatic carbocycles. The van der Waals surface area contributed by atoms with Crippen LogP contribution in [0.25, 0.3) is 0 Å². The second-order valence-electron chi connectivity index (χ2n) is 6.49. The number of carbonyl (C=O) groups excluding carboxylic acids is 2. The van der Waals surface area contributed by atoms with Crippen LogP contribution in [0.1, 0.15) is 5.01 Å². The van der Waals surface area contributed by atoms with Crippen molar-refractivity contribution in [1.82, 2.24) is 20.0 Å². The first-order valence-corrected chi connectivity index (χ1v) is 10.6. The topological polar surface area (TPSA) is 130 Å². The first-order chi connectivity index (χ1) is 12.2. The van der Waals surface area contributed by atoms with Gasteiger partial charge in [-0.15, -0.1) is 22.0 Å². The number of fused-ring (bicyclic) bond motifs is 1. The molecule has 26 heavy (non-hydrogen) atoms. The van der Waals surface area contributed by atoms with E-state index in [1.165, 1.54) is 39.8 Å². The number of aromatic nitrogens is 2. The Morgan fingerprint density at radius 3 is 2.85 bits per heavy atom. The van der Waals surface area contributed by atoms with Gasteiger partial charge in [-0.2, -0.15) is 0 Å². The lowest BCUT2D eigenvalue weighted by atomic mass is 9.89. The van der Waals surface area contributed by atoms with Crippen LogP contribution in [-0.4, -0.2) is 86.4 Å². The van der Waals surface area contributed by atoms with Crippen LogP contribution < -0.4 is 5.73 Å². The maximum Gasteiger partial charge on any atom is 0.313 e. The van der Waals surface area contributed by atoms with Gasteiger partial charge in [0.1, 0.15) is 21.8 Å². The van der Waals surface area contributed by atoms with Gasteiger partial charge in [-0.25, -0.2) is 0 Å². The minimum absolute atomic E-state index is 0.0675. The van der Waals surface area contributed by atoms with Crippen LogP contribution in [0, 0.1) is 5.41 Å². The van der Waals surface area contributed by atoms with Crippen LogP contribution >= 0.6 is 34.9 Å². The van der Waals surface area contributed by atoms with E-state index in [2.05, 4.69) is 10.2 Å². The SMILES string of the molecule is CN(C)C(=O)Cc1nnc(SCC2(C(=O)O)CS[C@@H]3C(N)C(=O)N3C2)s1. The highest BCUT2D eigenvalue weighted by Crippen LogP contribution is 2.44. The molecule has 2 aliphatic heterocycles. The molecular weight excluding hydrogens is 398 g/mol. The predicted octanol–water partition coefficient (Wildman–Crippen LogP) is -0.426. The predicted molar refractivity (Wildman–Crippen MR) is 99.0 cm³/mol. The first kappa shape index (κ1) is 19.4. The number of likely N-dealkylation sites (N-methyl/N-ethyl adjacent to an activating group) is 1. The van der Waals surface area contributed by atoms with E-state index < -0.39 is 17.4 Å². The zero-order valence-electron chi connectivity index (χ0n) is 14.2. The summed E-state index contributed by atoms with van der Waals surface area (Å²) in [5, 5.41) is 18.3. The molecule has 0 saturated carbocycles. The molecule has 0 spiro atoms. The van der Waals surface area contributed by atoms with E-state index in [1.54, 1.807) is 19.0 Å². The maximum absolute atomic E-state index is 11.9. The van der Waals surface area contributed by atoms with Crippen LogP contribution in [0.15, 0.2) is 4.34 Å². The van der Waals surface area contributed by atoms with Crippen molar-refractivity contribution in [3.63, 3.8) is 0 Å². The number of rotatable bonds is 6. The van der Waals surface area contributed by atoms with Crippen molar-refractivity contribution >= 4 is 52.6 Å². The molecule has 3 N–H and O–H groups in total. The molecule has 3 rings (SSSR count). The molecule has 2 fully saturated rings. The van der Waals surface area contributed by atoms with Gasteiger partial charge in [0, 0.05) is 32.1 Å². The lowest BCUT2D eigenvalue weighted by Gasteiger charge is -2.52. The maximum atomic E-state index is 11.9. The van der Waals surface area contributed by atoms with Crippen molar-refractivity contribution in [2.45, 2.75) is 22.2 Å². The van der Waals surface area contributed by atoms with Crippen molar-refractivity contribution in [3.8, 4) is 0 Å². The van der Waals surface area contributed by atoms with Crippen molar-refractivity contribution in [3.05, 3.63) is 5.01 Å². The summed E-state index contributed by atoms with van der Waals surface area (Å²) >= 11 is 4.00. The van der Waals surface area contributed by atoms with Gasteiger partial charge < -0.3 is 20.6 Å². The van der Waals surface area contributed by atoms with Crippen molar-refractivity contribution < 1.29 is 19.5 Å². The number of carboxylic acids is 1. The number of nitrogens with two attached hydrogens (primary N) is 1. The molecule has 2 unspecified atom stereocenters. The number of carbonyl (C=O) groups is 3. The van der Waals surface area contributed by atoms with E-state index in [-0.39, 0.29) is 35.9 Å². The minimum Gasteiger partial charge on any atom is -0.481 e. The Morgan fingerprint density at radius 2 is 2.19 bits per heavy atom. The largest absolute Gasteiger partial charge is 0.481 e. The highest BCUT2D eigenvalue weighted by molar-refractivity contribution is 8.01. The molecule has 0 radical (unpaired) electrons. The fourth-order valence-corrected chi connectivity index (χ4v) is 6.36. The number of hydrogen-bond acceptors (Lipinski definition) is 9. The normalized spacial score (nSPS) is 27.7. The van der Waals surface area contributed by atoms with Crippen LogP contribution in [0.3, 0.4) is 0 Å². The fourth-order valence-electron chi connectivity index (χ4n) is 2.66. The van der Waals surface area contributed by atoms with Gasteiger partial charge in [0.25, 0.3) is 0 Å². The van der Waals surface area contributed by atoms with Gasteiger partial charge in [0.05, 0.1) is 6.42 Å². The Kier molecular flexibility index (Phi) is 5.47. The van der Waals surface area contributed by atoms with Gasteiger partial charge >= 0.3 is 5.97 Å².